The molecule has 3 rings (SSSR count). The number of rotatable bonds is 8. The number of likely N-dealkylation sites (N-methyl/N-ethyl adjacent to an activating group) is 1. The largest absolute Gasteiger partial charge is 0.385 e. The average Bonchev–Trinajstić information content (AvgIpc) is 2.91. The van der Waals surface area contributed by atoms with Gasteiger partial charge >= 0.3 is 0 Å². The third-order valence-corrected chi connectivity index (χ3v) is 5.56. The lowest BCUT2D eigenvalue weighted by Crippen LogP contribution is -2.45. The van der Waals surface area contributed by atoms with Crippen molar-refractivity contribution in [3.8, 4) is 0 Å². The van der Waals surface area contributed by atoms with Gasteiger partial charge in [0.05, 0.1) is 5.41 Å². The maximum Gasteiger partial charge on any atom is 0.238 e. The molecule has 2 aromatic carbocycles. The molecule has 0 unspecified atom stereocenters. The van der Waals surface area contributed by atoms with Gasteiger partial charge in [-0.3, -0.25) is 9.59 Å². The van der Waals surface area contributed by atoms with Gasteiger partial charge in [0.2, 0.25) is 11.8 Å². The predicted molar refractivity (Wildman–Crippen MR) is 110 cm³/mol. The second-order valence-corrected chi connectivity index (χ2v) is 7.46. The van der Waals surface area contributed by atoms with Gasteiger partial charge in [-0.2, -0.15) is 0 Å². The highest BCUT2D eigenvalue weighted by Gasteiger charge is 2.51. The molecule has 0 bridgehead atoms. The van der Waals surface area contributed by atoms with Crippen molar-refractivity contribution < 1.29 is 14.3 Å². The Labute approximate surface area is 166 Å². The Kier molecular flexibility index (Phi) is 6.15. The Bertz CT molecular complexity index is 837. The van der Waals surface area contributed by atoms with E-state index in [4.69, 9.17) is 4.74 Å². The van der Waals surface area contributed by atoms with Crippen molar-refractivity contribution in [3.05, 3.63) is 65.7 Å². The molecule has 148 valence electrons. The number of methoxy groups -OCH3 is 1. The zero-order valence-electron chi connectivity index (χ0n) is 16.9. The van der Waals surface area contributed by atoms with E-state index in [0.29, 0.717) is 19.6 Å². The summed E-state index contributed by atoms with van der Waals surface area (Å²) < 4.78 is 5.08. The molecule has 0 saturated heterocycles. The van der Waals surface area contributed by atoms with Crippen LogP contribution in [-0.4, -0.2) is 51.1 Å². The maximum atomic E-state index is 13.4. The molecule has 5 nitrogen and oxygen atoms in total. The molecular formula is C23H28N2O3. The van der Waals surface area contributed by atoms with Crippen LogP contribution >= 0.6 is 0 Å². The summed E-state index contributed by atoms with van der Waals surface area (Å²) >= 11 is 0. The lowest BCUT2D eigenvalue weighted by atomic mass is 9.73. The topological polar surface area (TPSA) is 49.9 Å². The van der Waals surface area contributed by atoms with Gasteiger partial charge in [0.25, 0.3) is 0 Å². The molecule has 1 heterocycles. The van der Waals surface area contributed by atoms with Crippen LogP contribution in [0.4, 0.5) is 5.69 Å². The Morgan fingerprint density at radius 2 is 1.79 bits per heavy atom. The number of anilines is 1. The van der Waals surface area contributed by atoms with Crippen LogP contribution in [0.5, 0.6) is 0 Å². The minimum absolute atomic E-state index is 0.0174. The van der Waals surface area contributed by atoms with Crippen LogP contribution < -0.4 is 4.90 Å². The highest BCUT2D eigenvalue weighted by atomic mass is 16.5. The van der Waals surface area contributed by atoms with Crippen molar-refractivity contribution in [2.45, 2.75) is 24.7 Å². The summed E-state index contributed by atoms with van der Waals surface area (Å²) in [4.78, 5) is 29.9. The number of fused-ring (bicyclic) bond motifs is 1. The van der Waals surface area contributed by atoms with Gasteiger partial charge in [0.1, 0.15) is 0 Å². The summed E-state index contributed by atoms with van der Waals surface area (Å²) in [5, 5.41) is 0. The van der Waals surface area contributed by atoms with E-state index in [0.717, 1.165) is 23.2 Å². The van der Waals surface area contributed by atoms with Gasteiger partial charge in [-0.15, -0.1) is 0 Å². The summed E-state index contributed by atoms with van der Waals surface area (Å²) in [7, 11) is 5.24. The molecule has 2 aromatic rings. The van der Waals surface area contributed by atoms with E-state index in [9.17, 15) is 9.59 Å². The normalized spacial score (nSPS) is 18.2. The number of carbonyl (C=O) groups is 2. The van der Waals surface area contributed by atoms with E-state index in [2.05, 4.69) is 0 Å². The zero-order valence-corrected chi connectivity index (χ0v) is 16.9. The fourth-order valence-electron chi connectivity index (χ4n) is 4.03. The van der Waals surface area contributed by atoms with E-state index in [1.54, 1.807) is 31.0 Å². The van der Waals surface area contributed by atoms with Gasteiger partial charge < -0.3 is 14.5 Å². The third-order valence-electron chi connectivity index (χ3n) is 5.56. The molecule has 0 fully saturated rings. The van der Waals surface area contributed by atoms with E-state index < -0.39 is 5.41 Å². The minimum Gasteiger partial charge on any atom is -0.385 e. The highest BCUT2D eigenvalue weighted by molar-refractivity contribution is 6.09. The first-order valence-electron chi connectivity index (χ1n) is 9.64. The van der Waals surface area contributed by atoms with Crippen LogP contribution in [0.2, 0.25) is 0 Å². The number of amides is 2. The summed E-state index contributed by atoms with van der Waals surface area (Å²) in [6, 6.07) is 17.7. The molecular weight excluding hydrogens is 352 g/mol. The standard InChI is InChI=1S/C23H28N2O3/c1-24(14-9-15-28-3)21(26)17-23(16-18-10-5-4-6-11-18)19-12-7-8-13-20(19)25(2)22(23)27/h4-8,10-13H,9,14-17H2,1-3H3/t23-/m1/s1. The van der Waals surface area contributed by atoms with E-state index in [1.807, 2.05) is 54.6 Å². The molecule has 1 atom stereocenters. The lowest BCUT2D eigenvalue weighted by molar-refractivity contribution is -0.135. The Morgan fingerprint density at radius 1 is 1.11 bits per heavy atom. The number of hydrogen-bond acceptors (Lipinski definition) is 3. The molecule has 28 heavy (non-hydrogen) atoms. The van der Waals surface area contributed by atoms with Crippen LogP contribution in [0.1, 0.15) is 24.0 Å². The molecule has 1 aliphatic heterocycles. The minimum atomic E-state index is -0.876. The molecule has 0 N–H and O–H groups in total. The first-order chi connectivity index (χ1) is 13.5. The first-order valence-corrected chi connectivity index (χ1v) is 9.64. The van der Waals surface area contributed by atoms with Crippen molar-refractivity contribution >= 4 is 17.5 Å². The molecule has 0 saturated carbocycles. The number of benzene rings is 2. The van der Waals surface area contributed by atoms with Crippen LogP contribution in [0.15, 0.2) is 54.6 Å². The van der Waals surface area contributed by atoms with Gasteiger partial charge in [-0.1, -0.05) is 48.5 Å². The van der Waals surface area contributed by atoms with Crippen molar-refractivity contribution in [3.63, 3.8) is 0 Å². The van der Waals surface area contributed by atoms with E-state index >= 15 is 0 Å². The molecule has 0 radical (unpaired) electrons. The van der Waals surface area contributed by atoms with Crippen LogP contribution in [0, 0.1) is 0 Å². The number of hydrogen-bond donors (Lipinski definition) is 0. The van der Waals surface area contributed by atoms with E-state index in [1.165, 1.54) is 0 Å². The molecule has 1 aliphatic rings. The van der Waals surface area contributed by atoms with E-state index in [-0.39, 0.29) is 18.2 Å². The molecule has 0 spiro atoms. The third kappa shape index (κ3) is 3.80. The van der Waals surface area contributed by atoms with Crippen molar-refractivity contribution in [2.75, 3.05) is 39.3 Å². The first kappa shape index (κ1) is 20.1. The number of carbonyl (C=O) groups excluding carboxylic acids is 2. The van der Waals surface area contributed by atoms with Gasteiger partial charge in [0.15, 0.2) is 0 Å². The number of ether oxygens (including phenoxy) is 1. The smallest absolute Gasteiger partial charge is 0.238 e. The molecule has 2 amide bonds. The number of nitrogens with zero attached hydrogens (tertiary/aromatic N) is 2. The Hall–Kier alpha value is -2.66. The average molecular weight is 380 g/mol. The van der Waals surface area contributed by atoms with Crippen molar-refractivity contribution in [2.24, 2.45) is 0 Å². The fraction of sp³-hybridized carbons (Fsp3) is 0.391. The fourth-order valence-corrected chi connectivity index (χ4v) is 4.03. The van der Waals surface area contributed by atoms with Crippen LogP contribution in [0.3, 0.4) is 0 Å². The predicted octanol–water partition coefficient (Wildman–Crippen LogP) is 3.03. The summed E-state index contributed by atoms with van der Waals surface area (Å²) in [6.07, 6.45) is 1.44. The summed E-state index contributed by atoms with van der Waals surface area (Å²) in [5.41, 5.74) is 2.00. The number of para-hydroxylation sites is 1. The van der Waals surface area contributed by atoms with Crippen LogP contribution in [0.25, 0.3) is 0 Å². The Balaban J connectivity index is 1.95. The zero-order chi connectivity index (χ0) is 20.1. The monoisotopic (exact) mass is 380 g/mol. The summed E-state index contributed by atoms with van der Waals surface area (Å²) in [6.45, 7) is 1.22. The van der Waals surface area contributed by atoms with Gasteiger partial charge in [0, 0.05) is 46.5 Å². The Morgan fingerprint density at radius 3 is 2.50 bits per heavy atom. The maximum absolute atomic E-state index is 13.4. The molecule has 0 aromatic heterocycles. The van der Waals surface area contributed by atoms with Crippen LogP contribution in [-0.2, 0) is 26.2 Å². The second kappa shape index (κ2) is 8.57. The van der Waals surface area contributed by atoms with Gasteiger partial charge in [-0.25, -0.2) is 0 Å². The molecule has 5 heteroatoms. The van der Waals surface area contributed by atoms with Crippen molar-refractivity contribution in [1.29, 1.82) is 0 Å². The van der Waals surface area contributed by atoms with Crippen molar-refractivity contribution in [1.82, 2.24) is 4.90 Å². The van der Waals surface area contributed by atoms with Gasteiger partial charge in [-0.05, 0) is 30.0 Å². The lowest BCUT2D eigenvalue weighted by Gasteiger charge is -2.30. The SMILES string of the molecule is COCCCN(C)C(=O)C[C@@]1(Cc2ccccc2)C(=O)N(C)c2ccccc21. The quantitative estimate of drug-likeness (QED) is 0.662. The molecule has 0 aliphatic carbocycles. The highest BCUT2D eigenvalue weighted by Crippen LogP contribution is 2.45. The summed E-state index contributed by atoms with van der Waals surface area (Å²) in [5.74, 6) is -0.0401. The second-order valence-electron chi connectivity index (χ2n) is 7.46.